The number of ether oxygens (including phenoxy) is 1. The lowest BCUT2D eigenvalue weighted by atomic mass is 9.70. The standard InChI is InChI=1S/C21H34BrN3O5/c1-3-5-6-9-24-19(28)17-21-12-13(22)16(30-21)14(18(27)23-8-4-2)15(21)20(29)25(17)10-7-11-26/h13-17,26H,3-12H2,1-2H3,(H,23,27)(H,24,28)/t13?,14-,15+,16-,17?,21?/m1/s1. The predicted molar refractivity (Wildman–Crippen MR) is 115 cm³/mol. The fourth-order valence-electron chi connectivity index (χ4n) is 5.26. The number of fused-ring (bicyclic) bond motifs is 1. The van der Waals surface area contributed by atoms with E-state index < -0.39 is 29.6 Å². The van der Waals surface area contributed by atoms with Gasteiger partial charge in [0.1, 0.15) is 11.6 Å². The van der Waals surface area contributed by atoms with Crippen LogP contribution < -0.4 is 10.6 Å². The molecule has 30 heavy (non-hydrogen) atoms. The first-order chi connectivity index (χ1) is 14.4. The van der Waals surface area contributed by atoms with E-state index in [1.165, 1.54) is 4.90 Å². The maximum Gasteiger partial charge on any atom is 0.245 e. The minimum absolute atomic E-state index is 0.0722. The summed E-state index contributed by atoms with van der Waals surface area (Å²) < 4.78 is 6.36. The van der Waals surface area contributed by atoms with Gasteiger partial charge in [0.2, 0.25) is 17.7 Å². The Morgan fingerprint density at radius 2 is 1.90 bits per heavy atom. The van der Waals surface area contributed by atoms with Crippen molar-refractivity contribution in [2.75, 3.05) is 26.2 Å². The Morgan fingerprint density at radius 1 is 1.17 bits per heavy atom. The lowest BCUT2D eigenvalue weighted by Gasteiger charge is -2.34. The third-order valence-electron chi connectivity index (χ3n) is 6.53. The van der Waals surface area contributed by atoms with E-state index in [0.717, 1.165) is 25.7 Å². The molecule has 0 radical (unpaired) electrons. The molecule has 3 N–H and O–H groups in total. The number of likely N-dealkylation sites (tertiary alicyclic amines) is 1. The van der Waals surface area contributed by atoms with Crippen molar-refractivity contribution in [3.63, 3.8) is 0 Å². The van der Waals surface area contributed by atoms with E-state index in [0.29, 0.717) is 25.9 Å². The second-order valence-corrected chi connectivity index (χ2v) is 9.74. The predicted octanol–water partition coefficient (Wildman–Crippen LogP) is 0.949. The van der Waals surface area contributed by atoms with E-state index in [2.05, 4.69) is 33.5 Å². The highest BCUT2D eigenvalue weighted by atomic mass is 79.9. The molecule has 3 aliphatic heterocycles. The zero-order valence-electron chi connectivity index (χ0n) is 17.9. The molecule has 3 rings (SSSR count). The summed E-state index contributed by atoms with van der Waals surface area (Å²) >= 11 is 3.64. The fourth-order valence-corrected chi connectivity index (χ4v) is 6.20. The number of hydrogen-bond donors (Lipinski definition) is 3. The first kappa shape index (κ1) is 23.5. The van der Waals surface area contributed by atoms with E-state index in [9.17, 15) is 19.5 Å². The molecule has 2 bridgehead atoms. The maximum atomic E-state index is 13.5. The van der Waals surface area contributed by atoms with Crippen LogP contribution in [0.15, 0.2) is 0 Å². The Bertz CT molecular complexity index is 663. The highest BCUT2D eigenvalue weighted by Crippen LogP contribution is 2.59. The molecule has 3 aliphatic rings. The lowest BCUT2D eigenvalue weighted by Crippen LogP contribution is -2.56. The lowest BCUT2D eigenvalue weighted by molar-refractivity contribution is -0.142. The van der Waals surface area contributed by atoms with Crippen molar-refractivity contribution in [3.8, 4) is 0 Å². The van der Waals surface area contributed by atoms with Gasteiger partial charge in [0.05, 0.1) is 17.9 Å². The number of nitrogens with zero attached hydrogens (tertiary/aromatic N) is 1. The summed E-state index contributed by atoms with van der Waals surface area (Å²) in [6.45, 7) is 5.36. The van der Waals surface area contributed by atoms with Crippen LogP contribution in [0.1, 0.15) is 52.4 Å². The van der Waals surface area contributed by atoms with Crippen molar-refractivity contribution in [1.29, 1.82) is 0 Å². The van der Waals surface area contributed by atoms with Gasteiger partial charge in [-0.15, -0.1) is 0 Å². The Kier molecular flexibility index (Phi) is 7.79. The topological polar surface area (TPSA) is 108 Å². The zero-order valence-corrected chi connectivity index (χ0v) is 19.4. The Hall–Kier alpha value is -1.19. The van der Waals surface area contributed by atoms with Crippen LogP contribution in [0.25, 0.3) is 0 Å². The van der Waals surface area contributed by atoms with Crippen molar-refractivity contribution < 1.29 is 24.2 Å². The van der Waals surface area contributed by atoms with Gasteiger partial charge in [0.25, 0.3) is 0 Å². The molecule has 0 aromatic carbocycles. The molecule has 3 saturated heterocycles. The monoisotopic (exact) mass is 487 g/mol. The van der Waals surface area contributed by atoms with E-state index in [-0.39, 0.29) is 35.7 Å². The Morgan fingerprint density at radius 3 is 2.57 bits per heavy atom. The first-order valence-corrected chi connectivity index (χ1v) is 12.1. The molecule has 0 aromatic heterocycles. The molecule has 0 aromatic rings. The van der Waals surface area contributed by atoms with Gasteiger partial charge in [0.15, 0.2) is 0 Å². The second-order valence-electron chi connectivity index (χ2n) is 8.56. The summed E-state index contributed by atoms with van der Waals surface area (Å²) in [7, 11) is 0. The number of carbonyl (C=O) groups is 3. The number of amides is 3. The number of unbranched alkanes of at least 4 members (excludes halogenated alkanes) is 2. The van der Waals surface area contributed by atoms with Gasteiger partial charge in [-0.25, -0.2) is 0 Å². The SMILES string of the molecule is CCCCCNC(=O)C1N(CCCO)C(=O)[C@@H]2[C@@H](C(=O)NCCC)[C@@H]3OC12CC3Br. The normalized spacial score (nSPS) is 34.3. The number of rotatable bonds is 11. The summed E-state index contributed by atoms with van der Waals surface area (Å²) in [4.78, 5) is 41.1. The van der Waals surface area contributed by atoms with Crippen molar-refractivity contribution in [2.24, 2.45) is 11.8 Å². The molecule has 3 unspecified atom stereocenters. The van der Waals surface area contributed by atoms with Gasteiger partial charge in [-0.2, -0.15) is 0 Å². The highest BCUT2D eigenvalue weighted by molar-refractivity contribution is 9.09. The van der Waals surface area contributed by atoms with Gasteiger partial charge < -0.3 is 25.4 Å². The minimum atomic E-state index is -1.01. The number of halogens is 1. The van der Waals surface area contributed by atoms with Crippen LogP contribution in [0.4, 0.5) is 0 Å². The second kappa shape index (κ2) is 9.96. The van der Waals surface area contributed by atoms with Crippen LogP contribution in [-0.4, -0.2) is 76.5 Å². The number of alkyl halides is 1. The zero-order chi connectivity index (χ0) is 21.9. The van der Waals surface area contributed by atoms with Gasteiger partial charge in [-0.1, -0.05) is 42.6 Å². The van der Waals surface area contributed by atoms with Crippen molar-refractivity contribution in [2.45, 2.75) is 74.9 Å². The summed E-state index contributed by atoms with van der Waals surface area (Å²) in [5, 5.41) is 15.2. The molecule has 170 valence electrons. The molecular weight excluding hydrogens is 454 g/mol. The minimum Gasteiger partial charge on any atom is -0.396 e. The fraction of sp³-hybridized carbons (Fsp3) is 0.857. The smallest absolute Gasteiger partial charge is 0.245 e. The molecule has 0 saturated carbocycles. The number of hydrogen-bond acceptors (Lipinski definition) is 5. The van der Waals surface area contributed by atoms with Gasteiger partial charge in [-0.3, -0.25) is 14.4 Å². The van der Waals surface area contributed by atoms with Crippen molar-refractivity contribution in [3.05, 3.63) is 0 Å². The maximum absolute atomic E-state index is 13.5. The summed E-state index contributed by atoms with van der Waals surface area (Å²) in [6.07, 6.45) is 4.21. The summed E-state index contributed by atoms with van der Waals surface area (Å²) in [6, 6.07) is -0.780. The molecule has 8 nitrogen and oxygen atoms in total. The van der Waals surface area contributed by atoms with Crippen LogP contribution in [0.5, 0.6) is 0 Å². The molecule has 3 fully saturated rings. The molecule has 0 aliphatic carbocycles. The number of aliphatic hydroxyl groups is 1. The van der Waals surface area contributed by atoms with Crippen molar-refractivity contribution in [1.82, 2.24) is 15.5 Å². The van der Waals surface area contributed by atoms with Crippen LogP contribution in [0.2, 0.25) is 0 Å². The summed E-state index contributed by atoms with van der Waals surface area (Å²) in [5.74, 6) is -1.90. The Balaban J connectivity index is 1.88. The van der Waals surface area contributed by atoms with Gasteiger partial charge in [-0.05, 0) is 25.7 Å². The average molecular weight is 488 g/mol. The van der Waals surface area contributed by atoms with Gasteiger partial charge in [0, 0.05) is 31.1 Å². The van der Waals surface area contributed by atoms with Crippen LogP contribution in [0, 0.1) is 11.8 Å². The number of carbonyl (C=O) groups excluding carboxylic acids is 3. The van der Waals surface area contributed by atoms with E-state index in [4.69, 9.17) is 4.74 Å². The third kappa shape index (κ3) is 4.00. The van der Waals surface area contributed by atoms with E-state index in [1.54, 1.807) is 0 Å². The van der Waals surface area contributed by atoms with Crippen molar-refractivity contribution >= 4 is 33.7 Å². The highest BCUT2D eigenvalue weighted by Gasteiger charge is 2.76. The van der Waals surface area contributed by atoms with Crippen LogP contribution in [0.3, 0.4) is 0 Å². The summed E-state index contributed by atoms with van der Waals surface area (Å²) in [5.41, 5.74) is -1.01. The molecule has 1 spiro atoms. The third-order valence-corrected chi connectivity index (χ3v) is 7.37. The molecular formula is C21H34BrN3O5. The Labute approximate surface area is 186 Å². The van der Waals surface area contributed by atoms with Crippen LogP contribution in [-0.2, 0) is 19.1 Å². The quantitative estimate of drug-likeness (QED) is 0.297. The van der Waals surface area contributed by atoms with Gasteiger partial charge >= 0.3 is 0 Å². The molecule has 9 heteroatoms. The number of aliphatic hydroxyl groups excluding tert-OH is 1. The van der Waals surface area contributed by atoms with Crippen LogP contribution >= 0.6 is 15.9 Å². The molecule has 3 heterocycles. The largest absolute Gasteiger partial charge is 0.396 e. The first-order valence-electron chi connectivity index (χ1n) is 11.2. The van der Waals surface area contributed by atoms with E-state index >= 15 is 0 Å². The molecule has 3 amide bonds. The molecule has 6 atom stereocenters. The number of nitrogens with one attached hydrogen (secondary N) is 2. The van der Waals surface area contributed by atoms with E-state index in [1.807, 2.05) is 6.92 Å². The average Bonchev–Trinajstić information content (AvgIpc) is 3.31.